The number of rotatable bonds is 2. The van der Waals surface area contributed by atoms with Gasteiger partial charge < -0.3 is 9.84 Å². The average Bonchev–Trinajstić information content (AvgIpc) is 2.73. The topological polar surface area (TPSA) is 46.5 Å². The minimum atomic E-state index is -1.20. The first-order valence-electron chi connectivity index (χ1n) is 4.45. The van der Waals surface area contributed by atoms with E-state index in [-0.39, 0.29) is 0 Å². The number of hydrogen-bond acceptors (Lipinski definition) is 4. The fourth-order valence-electron chi connectivity index (χ4n) is 1.40. The molecular weight excluding hydrogens is 212 g/mol. The van der Waals surface area contributed by atoms with Gasteiger partial charge in [-0.3, -0.25) is 0 Å². The summed E-state index contributed by atoms with van der Waals surface area (Å²) in [5.41, 5.74) is 0.563. The maximum atomic E-state index is 11.1. The maximum Gasteiger partial charge on any atom is 0.339 e. The van der Waals surface area contributed by atoms with Crippen LogP contribution in [0.2, 0.25) is 0 Å². The number of ether oxygens (including phenoxy) is 1. The molecule has 1 atom stereocenters. The lowest BCUT2D eigenvalue weighted by atomic mass is 10.1. The third-order valence-corrected chi connectivity index (χ3v) is 3.11. The number of methoxy groups -OCH3 is 1. The summed E-state index contributed by atoms with van der Waals surface area (Å²) in [4.78, 5) is 11.1. The van der Waals surface area contributed by atoms with E-state index in [9.17, 15) is 9.90 Å². The van der Waals surface area contributed by atoms with Gasteiger partial charge in [-0.25, -0.2) is 4.79 Å². The number of benzene rings is 1. The normalized spacial score (nSPS) is 12.7. The van der Waals surface area contributed by atoms with E-state index in [4.69, 9.17) is 0 Å². The molecule has 1 aromatic carbocycles. The summed E-state index contributed by atoms with van der Waals surface area (Å²) in [6, 6.07) is 7.38. The van der Waals surface area contributed by atoms with Gasteiger partial charge in [-0.2, -0.15) is 0 Å². The molecule has 0 amide bonds. The van der Waals surface area contributed by atoms with Gasteiger partial charge in [0.2, 0.25) is 0 Å². The van der Waals surface area contributed by atoms with Crippen LogP contribution in [0.4, 0.5) is 0 Å². The third kappa shape index (κ3) is 1.86. The lowest BCUT2D eigenvalue weighted by Gasteiger charge is -2.08. The van der Waals surface area contributed by atoms with Crippen LogP contribution in [-0.4, -0.2) is 18.2 Å². The smallest absolute Gasteiger partial charge is 0.339 e. The Morgan fingerprint density at radius 2 is 2.27 bits per heavy atom. The summed E-state index contributed by atoms with van der Waals surface area (Å²) in [6.07, 6.45) is -1.20. The molecule has 0 saturated carbocycles. The van der Waals surface area contributed by atoms with Crippen molar-refractivity contribution in [3.8, 4) is 0 Å². The lowest BCUT2D eigenvalue weighted by Crippen LogP contribution is -2.13. The molecule has 1 heterocycles. The molecule has 0 aliphatic rings. The van der Waals surface area contributed by atoms with E-state index in [0.29, 0.717) is 5.56 Å². The van der Waals surface area contributed by atoms with Crippen molar-refractivity contribution in [3.63, 3.8) is 0 Å². The van der Waals surface area contributed by atoms with E-state index < -0.39 is 12.1 Å². The van der Waals surface area contributed by atoms with Gasteiger partial charge in [-0.15, -0.1) is 11.3 Å². The second-order valence-electron chi connectivity index (χ2n) is 3.14. The molecule has 2 rings (SSSR count). The Morgan fingerprint density at radius 3 is 3.00 bits per heavy atom. The van der Waals surface area contributed by atoms with Crippen LogP contribution in [0.15, 0.2) is 29.6 Å². The van der Waals surface area contributed by atoms with Crippen molar-refractivity contribution in [3.05, 3.63) is 35.2 Å². The zero-order valence-electron chi connectivity index (χ0n) is 8.14. The van der Waals surface area contributed by atoms with E-state index in [2.05, 4.69) is 4.74 Å². The minimum absolute atomic E-state index is 0.563. The molecule has 0 spiro atoms. The summed E-state index contributed by atoms with van der Waals surface area (Å²) >= 11 is 1.62. The van der Waals surface area contributed by atoms with Gasteiger partial charge in [0.05, 0.1) is 7.11 Å². The highest BCUT2D eigenvalue weighted by Gasteiger charge is 2.17. The Bertz CT molecular complexity index is 489. The second kappa shape index (κ2) is 4.00. The number of esters is 1. The van der Waals surface area contributed by atoms with Gasteiger partial charge in [-0.05, 0) is 34.5 Å². The summed E-state index contributed by atoms with van der Waals surface area (Å²) in [7, 11) is 1.26. The van der Waals surface area contributed by atoms with Crippen molar-refractivity contribution in [2.75, 3.05) is 7.11 Å². The molecule has 1 N–H and O–H groups in total. The Balaban J connectivity index is 2.39. The number of hydrogen-bond donors (Lipinski definition) is 1. The van der Waals surface area contributed by atoms with Crippen molar-refractivity contribution in [1.29, 1.82) is 0 Å². The van der Waals surface area contributed by atoms with Crippen LogP contribution in [0.1, 0.15) is 11.7 Å². The monoisotopic (exact) mass is 222 g/mol. The number of carbonyl (C=O) groups is 1. The third-order valence-electron chi connectivity index (χ3n) is 2.22. The van der Waals surface area contributed by atoms with Crippen LogP contribution in [-0.2, 0) is 9.53 Å². The largest absolute Gasteiger partial charge is 0.467 e. The van der Waals surface area contributed by atoms with Gasteiger partial charge in [0.15, 0.2) is 6.10 Å². The fraction of sp³-hybridized carbons (Fsp3) is 0.182. The highest BCUT2D eigenvalue weighted by Crippen LogP contribution is 2.24. The predicted octanol–water partition coefficient (Wildman–Crippen LogP) is 2.11. The van der Waals surface area contributed by atoms with E-state index in [1.807, 2.05) is 17.5 Å². The molecule has 1 aromatic heterocycles. The van der Waals surface area contributed by atoms with Crippen molar-refractivity contribution < 1.29 is 14.6 Å². The zero-order valence-corrected chi connectivity index (χ0v) is 8.95. The molecule has 0 fully saturated rings. The first-order valence-corrected chi connectivity index (χ1v) is 5.33. The summed E-state index contributed by atoms with van der Waals surface area (Å²) < 4.78 is 5.61. The number of carbonyl (C=O) groups excluding carboxylic acids is 1. The molecule has 2 aromatic rings. The van der Waals surface area contributed by atoms with Crippen LogP contribution >= 0.6 is 11.3 Å². The molecule has 0 unspecified atom stereocenters. The first-order chi connectivity index (χ1) is 7.22. The Kier molecular flexibility index (Phi) is 2.70. The van der Waals surface area contributed by atoms with E-state index in [1.54, 1.807) is 23.5 Å². The summed E-state index contributed by atoms with van der Waals surface area (Å²) in [5.74, 6) is -0.635. The van der Waals surface area contributed by atoms with Gasteiger partial charge >= 0.3 is 5.97 Å². The molecule has 3 nitrogen and oxygen atoms in total. The number of fused-ring (bicyclic) bond motifs is 1. The van der Waals surface area contributed by atoms with E-state index in [0.717, 1.165) is 10.1 Å². The molecule has 0 saturated heterocycles. The molecule has 15 heavy (non-hydrogen) atoms. The molecular formula is C11H10O3S. The highest BCUT2D eigenvalue weighted by atomic mass is 32.1. The van der Waals surface area contributed by atoms with Crippen molar-refractivity contribution >= 4 is 27.4 Å². The fourth-order valence-corrected chi connectivity index (χ4v) is 2.17. The van der Waals surface area contributed by atoms with Gasteiger partial charge in [-0.1, -0.05) is 6.07 Å². The van der Waals surface area contributed by atoms with Gasteiger partial charge in [0.25, 0.3) is 0 Å². The van der Waals surface area contributed by atoms with E-state index in [1.165, 1.54) is 7.11 Å². The number of aliphatic hydroxyl groups excluding tert-OH is 1. The van der Waals surface area contributed by atoms with Crippen LogP contribution in [0.25, 0.3) is 10.1 Å². The Hall–Kier alpha value is -1.39. The molecule has 4 heteroatoms. The lowest BCUT2D eigenvalue weighted by molar-refractivity contribution is -0.150. The quantitative estimate of drug-likeness (QED) is 0.791. The van der Waals surface area contributed by atoms with Crippen molar-refractivity contribution in [2.45, 2.75) is 6.10 Å². The SMILES string of the molecule is COC(=O)[C@H](O)c1ccc2sccc2c1. The Morgan fingerprint density at radius 1 is 1.47 bits per heavy atom. The minimum Gasteiger partial charge on any atom is -0.467 e. The maximum absolute atomic E-state index is 11.1. The summed E-state index contributed by atoms with van der Waals surface area (Å²) in [6.45, 7) is 0. The standard InChI is InChI=1S/C11H10O3S/c1-14-11(13)10(12)8-2-3-9-7(6-8)4-5-15-9/h2-6,10,12H,1H3/t10-/m1/s1. The molecule has 78 valence electrons. The second-order valence-corrected chi connectivity index (χ2v) is 4.09. The Labute approximate surface area is 90.9 Å². The zero-order chi connectivity index (χ0) is 10.8. The first kappa shape index (κ1) is 10.1. The highest BCUT2D eigenvalue weighted by molar-refractivity contribution is 7.17. The van der Waals surface area contributed by atoms with Crippen LogP contribution in [0.5, 0.6) is 0 Å². The van der Waals surface area contributed by atoms with Crippen molar-refractivity contribution in [1.82, 2.24) is 0 Å². The average molecular weight is 222 g/mol. The number of thiophene rings is 1. The van der Waals surface area contributed by atoms with Gasteiger partial charge in [0.1, 0.15) is 0 Å². The molecule has 0 radical (unpaired) electrons. The van der Waals surface area contributed by atoms with Crippen LogP contribution in [0, 0.1) is 0 Å². The van der Waals surface area contributed by atoms with E-state index >= 15 is 0 Å². The van der Waals surface area contributed by atoms with Crippen molar-refractivity contribution in [2.24, 2.45) is 0 Å². The predicted molar refractivity (Wildman–Crippen MR) is 58.8 cm³/mol. The van der Waals surface area contributed by atoms with Gasteiger partial charge in [0, 0.05) is 4.70 Å². The molecule has 0 aliphatic heterocycles. The van der Waals surface area contributed by atoms with Crippen LogP contribution < -0.4 is 0 Å². The van der Waals surface area contributed by atoms with Crippen LogP contribution in [0.3, 0.4) is 0 Å². The molecule has 0 bridgehead atoms. The summed E-state index contributed by atoms with van der Waals surface area (Å²) in [5, 5.41) is 12.6. The number of aliphatic hydroxyl groups is 1. The molecule has 0 aliphatic carbocycles.